The van der Waals surface area contributed by atoms with E-state index in [1.165, 1.54) is 17.3 Å². The molecule has 7 heteroatoms. The van der Waals surface area contributed by atoms with Gasteiger partial charge in [0.2, 0.25) is 6.19 Å². The number of carbonyl (C=O) groups excluding carboxylic acids is 1. The minimum Gasteiger partial charge on any atom is -0.481 e. The molecule has 1 aliphatic heterocycles. The number of nitrogens with zero attached hydrogens (tertiary/aromatic N) is 4. The van der Waals surface area contributed by atoms with Crippen molar-refractivity contribution >= 4 is 22.8 Å². The summed E-state index contributed by atoms with van der Waals surface area (Å²) in [5, 5.41) is 9.44. The first-order valence-electron chi connectivity index (χ1n) is 8.24. The number of amides is 1. The maximum absolute atomic E-state index is 12.6. The molecular weight excluding hydrogens is 336 g/mol. The number of ether oxygens (including phenoxy) is 1. The van der Waals surface area contributed by atoms with Crippen molar-refractivity contribution in [3.63, 3.8) is 0 Å². The lowest BCUT2D eigenvalue weighted by Crippen LogP contribution is -2.52. The first kappa shape index (κ1) is 19.1. The molecular formula is C18H24N4O2S. The Bertz CT molecular complexity index is 691. The van der Waals surface area contributed by atoms with Crippen LogP contribution < -0.4 is 4.74 Å². The molecule has 0 aromatic heterocycles. The summed E-state index contributed by atoms with van der Waals surface area (Å²) < 4.78 is 5.87. The number of carbonyl (C=O) groups is 1. The molecule has 2 rings (SSSR count). The Hall–Kier alpha value is -2.20. The molecule has 1 aromatic carbocycles. The minimum absolute atomic E-state index is 0.0115. The molecule has 1 fully saturated rings. The fourth-order valence-electron chi connectivity index (χ4n) is 2.84. The highest BCUT2D eigenvalue weighted by Crippen LogP contribution is 2.21. The molecule has 134 valence electrons. The minimum atomic E-state index is -0.527. The monoisotopic (exact) mass is 360 g/mol. The van der Waals surface area contributed by atoms with E-state index in [0.717, 1.165) is 11.3 Å². The van der Waals surface area contributed by atoms with E-state index in [9.17, 15) is 4.79 Å². The number of hydrogen-bond donors (Lipinski definition) is 0. The lowest BCUT2D eigenvalue weighted by molar-refractivity contribution is -0.139. The maximum atomic E-state index is 12.6. The van der Waals surface area contributed by atoms with Crippen LogP contribution in [0.3, 0.4) is 0 Å². The smallest absolute Gasteiger partial charge is 0.263 e. The van der Waals surface area contributed by atoms with Gasteiger partial charge >= 0.3 is 0 Å². The fraction of sp³-hybridized carbons (Fsp3) is 0.500. The quantitative estimate of drug-likeness (QED) is 0.470. The summed E-state index contributed by atoms with van der Waals surface area (Å²) in [6.07, 6.45) is 3.20. The van der Waals surface area contributed by atoms with Gasteiger partial charge in [0.25, 0.3) is 5.91 Å². The maximum Gasteiger partial charge on any atom is 0.263 e. The Balaban J connectivity index is 1.93. The van der Waals surface area contributed by atoms with Crippen LogP contribution in [0.2, 0.25) is 0 Å². The van der Waals surface area contributed by atoms with Crippen LogP contribution in [0.1, 0.15) is 18.1 Å². The summed E-state index contributed by atoms with van der Waals surface area (Å²) in [6, 6.07) is 5.94. The van der Waals surface area contributed by atoms with Crippen molar-refractivity contribution in [3.8, 4) is 11.9 Å². The summed E-state index contributed by atoms with van der Waals surface area (Å²) >= 11 is 1.45. The number of nitriles is 1. The van der Waals surface area contributed by atoms with Crippen molar-refractivity contribution in [2.45, 2.75) is 26.9 Å². The predicted molar refractivity (Wildman–Crippen MR) is 101 cm³/mol. The van der Waals surface area contributed by atoms with E-state index in [1.807, 2.05) is 54.3 Å². The van der Waals surface area contributed by atoms with Gasteiger partial charge < -0.3 is 14.5 Å². The zero-order valence-electron chi connectivity index (χ0n) is 15.2. The van der Waals surface area contributed by atoms with Gasteiger partial charge in [-0.1, -0.05) is 29.5 Å². The third kappa shape index (κ3) is 4.89. The number of hydrogen-bond acceptors (Lipinski definition) is 5. The van der Waals surface area contributed by atoms with E-state index in [-0.39, 0.29) is 5.91 Å². The van der Waals surface area contributed by atoms with Crippen LogP contribution in [0, 0.1) is 25.3 Å². The number of rotatable bonds is 3. The van der Waals surface area contributed by atoms with Gasteiger partial charge in [0.1, 0.15) is 5.75 Å². The number of aryl methyl sites for hydroxylation is 2. The molecule has 1 atom stereocenters. The summed E-state index contributed by atoms with van der Waals surface area (Å²) in [4.78, 5) is 20.3. The topological polar surface area (TPSA) is 68.9 Å². The number of benzene rings is 1. The molecule has 25 heavy (non-hydrogen) atoms. The van der Waals surface area contributed by atoms with Crippen LogP contribution in [0.4, 0.5) is 0 Å². The highest BCUT2D eigenvalue weighted by molar-refractivity contribution is 8.13. The third-order valence-electron chi connectivity index (χ3n) is 4.17. The van der Waals surface area contributed by atoms with Crippen LogP contribution in [0.15, 0.2) is 23.2 Å². The van der Waals surface area contributed by atoms with Crippen molar-refractivity contribution in [3.05, 3.63) is 29.3 Å². The van der Waals surface area contributed by atoms with Crippen LogP contribution >= 0.6 is 11.8 Å². The first-order valence-corrected chi connectivity index (χ1v) is 9.47. The highest BCUT2D eigenvalue weighted by Gasteiger charge is 2.27. The Morgan fingerprint density at radius 3 is 2.48 bits per heavy atom. The van der Waals surface area contributed by atoms with Gasteiger partial charge in [-0.15, -0.1) is 4.99 Å². The Kier molecular flexibility index (Phi) is 6.71. The number of aliphatic imine (C=N–C) groups is 1. The van der Waals surface area contributed by atoms with E-state index < -0.39 is 6.10 Å². The molecule has 1 unspecified atom stereocenters. The van der Waals surface area contributed by atoms with Gasteiger partial charge in [-0.05, 0) is 38.7 Å². The largest absolute Gasteiger partial charge is 0.481 e. The van der Waals surface area contributed by atoms with Gasteiger partial charge in [0, 0.05) is 26.2 Å². The fourth-order valence-corrected chi connectivity index (χ4v) is 3.41. The summed E-state index contributed by atoms with van der Waals surface area (Å²) in [5.41, 5.74) is 2.20. The van der Waals surface area contributed by atoms with Gasteiger partial charge in [0.05, 0.1) is 0 Å². The molecule has 0 radical (unpaired) electrons. The molecule has 0 bridgehead atoms. The lowest BCUT2D eigenvalue weighted by atomic mass is 10.1. The van der Waals surface area contributed by atoms with E-state index in [2.05, 4.69) is 4.99 Å². The Morgan fingerprint density at radius 2 is 1.92 bits per heavy atom. The van der Waals surface area contributed by atoms with E-state index >= 15 is 0 Å². The third-order valence-corrected chi connectivity index (χ3v) is 4.89. The standard InChI is InChI=1S/C18H24N4O2S/c1-13-5-6-16(14(2)11-13)24-15(3)17(23)21-7-9-22(10-8-21)18(25-4)20-12-19/h5-6,11,15H,7-10H2,1-4H3. The number of amidine groups is 1. The zero-order valence-corrected chi connectivity index (χ0v) is 16.0. The lowest BCUT2D eigenvalue weighted by Gasteiger charge is -2.36. The first-order chi connectivity index (χ1) is 12.0. The second-order valence-corrected chi connectivity index (χ2v) is 6.81. The van der Waals surface area contributed by atoms with Crippen LogP contribution in [-0.2, 0) is 4.79 Å². The second-order valence-electron chi connectivity index (χ2n) is 6.04. The molecule has 0 N–H and O–H groups in total. The molecule has 1 aromatic rings. The van der Waals surface area contributed by atoms with Crippen molar-refractivity contribution in [2.24, 2.45) is 4.99 Å². The van der Waals surface area contributed by atoms with Crippen molar-refractivity contribution in [2.75, 3.05) is 32.4 Å². The SMILES string of the molecule is CSC(=NC#N)N1CCN(C(=O)C(C)Oc2ccc(C)cc2C)CC1. The predicted octanol–water partition coefficient (Wildman–Crippen LogP) is 2.42. The molecule has 0 spiro atoms. The summed E-state index contributed by atoms with van der Waals surface area (Å²) in [6.45, 7) is 8.35. The average Bonchev–Trinajstić information content (AvgIpc) is 2.61. The molecule has 1 saturated heterocycles. The van der Waals surface area contributed by atoms with Crippen LogP contribution in [0.5, 0.6) is 5.75 Å². The Morgan fingerprint density at radius 1 is 1.28 bits per heavy atom. The van der Waals surface area contributed by atoms with Gasteiger partial charge in [-0.2, -0.15) is 5.26 Å². The van der Waals surface area contributed by atoms with Gasteiger partial charge in [-0.25, -0.2) is 0 Å². The van der Waals surface area contributed by atoms with Gasteiger partial charge in [-0.3, -0.25) is 4.79 Å². The molecule has 6 nitrogen and oxygen atoms in total. The van der Waals surface area contributed by atoms with E-state index in [1.54, 1.807) is 6.92 Å². The summed E-state index contributed by atoms with van der Waals surface area (Å²) in [5.74, 6) is 0.735. The second kappa shape index (κ2) is 8.77. The number of thioether (sulfide) groups is 1. The highest BCUT2D eigenvalue weighted by atomic mass is 32.2. The van der Waals surface area contributed by atoms with Crippen molar-refractivity contribution < 1.29 is 9.53 Å². The molecule has 1 heterocycles. The zero-order chi connectivity index (χ0) is 18.4. The van der Waals surface area contributed by atoms with E-state index in [4.69, 9.17) is 10.00 Å². The van der Waals surface area contributed by atoms with Gasteiger partial charge in [0.15, 0.2) is 11.3 Å². The van der Waals surface area contributed by atoms with Crippen molar-refractivity contribution in [1.82, 2.24) is 9.80 Å². The molecule has 1 aliphatic rings. The Labute approximate surface area is 153 Å². The van der Waals surface area contributed by atoms with Crippen LogP contribution in [-0.4, -0.2) is 59.4 Å². The average molecular weight is 360 g/mol. The normalized spacial score (nSPS) is 16.4. The molecule has 0 aliphatic carbocycles. The molecule has 0 saturated carbocycles. The van der Waals surface area contributed by atoms with Crippen LogP contribution in [0.25, 0.3) is 0 Å². The number of piperazine rings is 1. The summed E-state index contributed by atoms with van der Waals surface area (Å²) in [7, 11) is 0. The van der Waals surface area contributed by atoms with E-state index in [0.29, 0.717) is 31.3 Å². The molecule has 1 amide bonds. The van der Waals surface area contributed by atoms with Crippen molar-refractivity contribution in [1.29, 1.82) is 5.26 Å².